The van der Waals surface area contributed by atoms with Crippen LogP contribution < -0.4 is 5.32 Å². The minimum Gasteiger partial charge on any atom is -0.479 e. The summed E-state index contributed by atoms with van der Waals surface area (Å²) in [6.45, 7) is 10.6. The summed E-state index contributed by atoms with van der Waals surface area (Å²) in [6.07, 6.45) is 1.48. The monoisotopic (exact) mass is 475 g/mol. The number of nitrogens with one attached hydrogen (secondary N) is 1. The van der Waals surface area contributed by atoms with Crippen LogP contribution in [0.5, 0.6) is 0 Å². The topological polar surface area (TPSA) is 78.8 Å². The van der Waals surface area contributed by atoms with Crippen molar-refractivity contribution in [2.75, 3.05) is 19.7 Å². The fourth-order valence-corrected chi connectivity index (χ4v) is 4.00. The van der Waals surface area contributed by atoms with Crippen molar-refractivity contribution in [3.05, 3.63) is 120 Å². The average Bonchev–Trinajstić information content (AvgIpc) is 2.91. The molecule has 0 heterocycles. The highest BCUT2D eigenvalue weighted by Crippen LogP contribution is 2.40. The van der Waals surface area contributed by atoms with Crippen molar-refractivity contribution in [1.82, 2.24) is 5.32 Å². The van der Waals surface area contributed by atoms with Crippen LogP contribution >= 0.6 is 0 Å². The van der Waals surface area contributed by atoms with E-state index in [1.807, 2.05) is 6.08 Å². The number of hydrogen-bond donors (Lipinski definition) is 3. The molecule has 0 spiro atoms. The van der Waals surface area contributed by atoms with Crippen LogP contribution in [0.1, 0.15) is 43.1 Å². The number of rotatable bonds is 12. The number of aliphatic hydroxyl groups is 1. The van der Waals surface area contributed by atoms with E-state index in [-0.39, 0.29) is 5.92 Å². The first-order chi connectivity index (χ1) is 17.0. The van der Waals surface area contributed by atoms with E-state index in [9.17, 15) is 4.79 Å². The van der Waals surface area contributed by atoms with Crippen LogP contribution in [-0.2, 0) is 15.1 Å². The van der Waals surface area contributed by atoms with E-state index in [1.54, 1.807) is 30.3 Å². The highest BCUT2D eigenvalue weighted by Gasteiger charge is 2.40. The van der Waals surface area contributed by atoms with Crippen LogP contribution in [0.25, 0.3) is 0 Å². The Hall–Kier alpha value is -3.25. The van der Waals surface area contributed by atoms with Gasteiger partial charge in [-0.15, -0.1) is 6.58 Å². The Labute approximate surface area is 209 Å². The maximum Gasteiger partial charge on any atom is 0.337 e. The Morgan fingerprint density at radius 3 is 1.89 bits per heavy atom. The minimum atomic E-state index is -1.41. The van der Waals surface area contributed by atoms with E-state index in [1.165, 1.54) is 11.1 Å². The lowest BCUT2D eigenvalue weighted by Gasteiger charge is -2.40. The van der Waals surface area contributed by atoms with Crippen LogP contribution in [-0.4, -0.2) is 35.9 Å². The minimum absolute atomic E-state index is 0.272. The second-order valence-electron chi connectivity index (χ2n) is 8.32. The average molecular weight is 476 g/mol. The molecule has 35 heavy (non-hydrogen) atoms. The number of carboxylic acids is 1. The Bertz CT molecular complexity index is 953. The molecule has 3 rings (SSSR count). The summed E-state index contributed by atoms with van der Waals surface area (Å²) in [7, 11) is 0. The van der Waals surface area contributed by atoms with E-state index in [4.69, 9.17) is 14.9 Å². The van der Waals surface area contributed by atoms with Crippen LogP contribution in [0.2, 0.25) is 0 Å². The number of benzene rings is 3. The zero-order valence-corrected chi connectivity index (χ0v) is 20.6. The second-order valence-corrected chi connectivity index (χ2v) is 8.32. The Morgan fingerprint density at radius 1 is 0.971 bits per heavy atom. The standard InChI is InChI=1S/C22H29NO.C8H8O3/c1-4-16-23-18-19(3)22(24-17-5-2,20-12-8-6-9-13-20)21-14-10-7-11-15-21;9-7(8(10)11)6-4-2-1-3-5-6/h4,6-15,19,23H,1,5,16-18H2,2-3H3;1-5,7,9H,(H,10,11). The number of carboxylic acid groups (broad SMARTS) is 1. The largest absolute Gasteiger partial charge is 0.479 e. The van der Waals surface area contributed by atoms with Crippen molar-refractivity contribution < 1.29 is 19.7 Å². The van der Waals surface area contributed by atoms with E-state index in [2.05, 4.69) is 86.4 Å². The molecule has 3 N–H and O–H groups in total. The maximum absolute atomic E-state index is 10.2. The van der Waals surface area contributed by atoms with Crippen molar-refractivity contribution in [2.24, 2.45) is 5.92 Å². The third-order valence-electron chi connectivity index (χ3n) is 5.72. The highest BCUT2D eigenvalue weighted by atomic mass is 16.5. The van der Waals surface area contributed by atoms with Crippen LogP contribution in [0, 0.1) is 5.92 Å². The zero-order chi connectivity index (χ0) is 25.5. The van der Waals surface area contributed by atoms with Crippen molar-refractivity contribution >= 4 is 5.97 Å². The maximum atomic E-state index is 10.2. The van der Waals surface area contributed by atoms with Gasteiger partial charge in [-0.3, -0.25) is 0 Å². The normalized spacial score (nSPS) is 12.7. The summed E-state index contributed by atoms with van der Waals surface area (Å²) in [6, 6.07) is 29.4. The summed E-state index contributed by atoms with van der Waals surface area (Å²) >= 11 is 0. The Balaban J connectivity index is 0.000000328. The molecule has 186 valence electrons. The summed E-state index contributed by atoms with van der Waals surface area (Å²) in [4.78, 5) is 10.2. The van der Waals surface area contributed by atoms with Gasteiger partial charge in [0.2, 0.25) is 0 Å². The molecule has 3 aromatic rings. The van der Waals surface area contributed by atoms with Gasteiger partial charge in [0.25, 0.3) is 0 Å². The molecule has 0 aromatic heterocycles. The molecule has 0 fully saturated rings. The van der Waals surface area contributed by atoms with Crippen molar-refractivity contribution in [2.45, 2.75) is 32.0 Å². The molecule has 0 aliphatic rings. The molecule has 0 saturated carbocycles. The molecule has 0 radical (unpaired) electrons. The summed E-state index contributed by atoms with van der Waals surface area (Å²) in [5.41, 5.74) is 2.36. The van der Waals surface area contributed by atoms with Crippen LogP contribution in [0.15, 0.2) is 104 Å². The molecule has 0 aliphatic carbocycles. The summed E-state index contributed by atoms with van der Waals surface area (Å²) in [5.74, 6) is -0.954. The zero-order valence-electron chi connectivity index (χ0n) is 20.6. The van der Waals surface area contributed by atoms with Gasteiger partial charge >= 0.3 is 5.97 Å². The second kappa shape index (κ2) is 14.9. The first kappa shape index (κ1) is 28.0. The predicted octanol–water partition coefficient (Wildman–Crippen LogP) is 5.57. The van der Waals surface area contributed by atoms with Gasteiger partial charge in [-0.2, -0.15) is 0 Å². The van der Waals surface area contributed by atoms with Gasteiger partial charge in [-0.1, -0.05) is 111 Å². The first-order valence-electron chi connectivity index (χ1n) is 12.0. The molecule has 0 amide bonds. The SMILES string of the molecule is C=CCNCC(C)C(OCCC)(c1ccccc1)c1ccccc1.O=C(O)C(O)c1ccccc1. The number of hydrogen-bond acceptors (Lipinski definition) is 4. The molecular weight excluding hydrogens is 438 g/mol. The Kier molecular flexibility index (Phi) is 11.9. The third-order valence-corrected chi connectivity index (χ3v) is 5.72. The Morgan fingerprint density at radius 2 is 1.46 bits per heavy atom. The predicted molar refractivity (Wildman–Crippen MR) is 141 cm³/mol. The van der Waals surface area contributed by atoms with E-state index >= 15 is 0 Å². The number of aliphatic carboxylic acids is 1. The van der Waals surface area contributed by atoms with Gasteiger partial charge in [0.15, 0.2) is 6.10 Å². The van der Waals surface area contributed by atoms with Gasteiger partial charge in [-0.05, 0) is 23.1 Å². The highest BCUT2D eigenvalue weighted by molar-refractivity contribution is 5.73. The van der Waals surface area contributed by atoms with Crippen LogP contribution in [0.4, 0.5) is 0 Å². The third kappa shape index (κ3) is 7.89. The van der Waals surface area contributed by atoms with Gasteiger partial charge in [0.05, 0.1) is 0 Å². The van der Waals surface area contributed by atoms with Crippen molar-refractivity contribution in [3.63, 3.8) is 0 Å². The summed E-state index contributed by atoms with van der Waals surface area (Å²) < 4.78 is 6.58. The smallest absolute Gasteiger partial charge is 0.337 e. The fourth-order valence-electron chi connectivity index (χ4n) is 4.00. The van der Waals surface area contributed by atoms with Crippen molar-refractivity contribution in [3.8, 4) is 0 Å². The van der Waals surface area contributed by atoms with Gasteiger partial charge in [0.1, 0.15) is 5.60 Å². The lowest BCUT2D eigenvalue weighted by Crippen LogP contribution is -2.43. The van der Waals surface area contributed by atoms with Gasteiger partial charge in [0, 0.05) is 25.6 Å². The quantitative estimate of drug-likeness (QED) is 0.236. The lowest BCUT2D eigenvalue weighted by molar-refractivity contribution is -0.146. The molecule has 0 aliphatic heterocycles. The molecule has 5 nitrogen and oxygen atoms in total. The molecule has 2 atom stereocenters. The molecule has 0 bridgehead atoms. The van der Waals surface area contributed by atoms with Gasteiger partial charge in [-0.25, -0.2) is 4.79 Å². The first-order valence-corrected chi connectivity index (χ1v) is 12.0. The molecule has 2 unspecified atom stereocenters. The number of aliphatic hydroxyl groups excluding tert-OH is 1. The van der Waals surface area contributed by atoms with E-state index in [0.29, 0.717) is 5.56 Å². The molecular formula is C30H37NO4. The molecule has 3 aromatic carbocycles. The number of carbonyl (C=O) groups is 1. The lowest BCUT2D eigenvalue weighted by atomic mass is 9.76. The molecule has 5 heteroatoms. The molecule has 0 saturated heterocycles. The fraction of sp³-hybridized carbons (Fsp3) is 0.300. The summed E-state index contributed by atoms with van der Waals surface area (Å²) in [5, 5.41) is 20.8. The van der Waals surface area contributed by atoms with Gasteiger partial charge < -0.3 is 20.3 Å². The number of ether oxygens (including phenoxy) is 1. The van der Waals surface area contributed by atoms with Crippen molar-refractivity contribution in [1.29, 1.82) is 0 Å². The van der Waals surface area contributed by atoms with E-state index in [0.717, 1.165) is 26.1 Å². The van der Waals surface area contributed by atoms with E-state index < -0.39 is 17.7 Å². The van der Waals surface area contributed by atoms with Crippen LogP contribution in [0.3, 0.4) is 0 Å².